The van der Waals surface area contributed by atoms with Gasteiger partial charge in [-0.2, -0.15) is 0 Å². The van der Waals surface area contributed by atoms with Crippen LogP contribution >= 0.6 is 22.7 Å². The maximum atomic E-state index is 5.05. The van der Waals surface area contributed by atoms with Crippen LogP contribution < -0.4 is 0 Å². The average Bonchev–Trinajstić information content (AvgIpc) is 3.74. The van der Waals surface area contributed by atoms with Crippen molar-refractivity contribution in [3.8, 4) is 55.9 Å². The van der Waals surface area contributed by atoms with Crippen LogP contribution in [0.4, 0.5) is 0 Å². The Balaban J connectivity index is 1.22. The van der Waals surface area contributed by atoms with E-state index >= 15 is 0 Å². The molecule has 0 radical (unpaired) electrons. The van der Waals surface area contributed by atoms with E-state index in [0.717, 1.165) is 32.8 Å². The Morgan fingerprint density at radius 3 is 1.70 bits per heavy atom. The Morgan fingerprint density at radius 2 is 1.00 bits per heavy atom. The Kier molecular flexibility index (Phi) is 6.47. The second-order valence-corrected chi connectivity index (χ2v) is 13.2. The van der Waals surface area contributed by atoms with Crippen LogP contribution in [-0.2, 0) is 0 Å². The topological polar surface area (TPSA) is 51.6 Å². The number of benzene rings is 6. The Bertz CT molecular complexity index is 2460. The highest BCUT2D eigenvalue weighted by Crippen LogP contribution is 2.44. The number of thiazole rings is 1. The highest BCUT2D eigenvalue weighted by atomic mass is 32.1. The van der Waals surface area contributed by atoms with Crippen LogP contribution in [0.1, 0.15) is 0 Å². The zero-order valence-electron chi connectivity index (χ0n) is 24.5. The van der Waals surface area contributed by atoms with E-state index in [1.165, 1.54) is 36.0 Å². The van der Waals surface area contributed by atoms with Crippen LogP contribution in [0, 0.1) is 0 Å². The van der Waals surface area contributed by atoms with Gasteiger partial charge in [0.2, 0.25) is 0 Å². The Morgan fingerprint density at radius 1 is 0.391 bits per heavy atom. The van der Waals surface area contributed by atoms with Crippen LogP contribution in [0.3, 0.4) is 0 Å². The van der Waals surface area contributed by atoms with E-state index in [0.29, 0.717) is 17.5 Å². The summed E-state index contributed by atoms with van der Waals surface area (Å²) >= 11 is 3.56. The summed E-state index contributed by atoms with van der Waals surface area (Å²) in [5, 5.41) is 3.41. The Hall–Kier alpha value is -5.56. The van der Waals surface area contributed by atoms with Crippen molar-refractivity contribution in [3.63, 3.8) is 0 Å². The van der Waals surface area contributed by atoms with Gasteiger partial charge in [-0.15, -0.1) is 22.7 Å². The molecule has 3 heterocycles. The van der Waals surface area contributed by atoms with Crippen molar-refractivity contribution in [1.82, 2.24) is 19.9 Å². The first-order chi connectivity index (χ1) is 22.8. The maximum absolute atomic E-state index is 5.05. The standard InChI is InChI=1S/C40H24N4S2/c1-4-12-25(13-5-1)37-42-38(26-14-6-2-7-15-26)44-39(43-37)31-20-11-21-33-35(31)30-19-10-18-29(36(30)45-33)28-22-23-32-34(24-28)46-40(41-32)27-16-8-3-9-17-27/h1-24H. The summed E-state index contributed by atoms with van der Waals surface area (Å²) in [6, 6.07) is 50.3. The third-order valence-electron chi connectivity index (χ3n) is 8.18. The SMILES string of the molecule is c1ccc(-c2nc(-c3ccccc3)nc(-c3cccc4sc5c(-c6ccc7nc(-c8ccccc8)sc7c6)cccc5c34)n2)cc1. The van der Waals surface area contributed by atoms with Gasteiger partial charge < -0.3 is 0 Å². The molecule has 0 saturated heterocycles. The fourth-order valence-electron chi connectivity index (χ4n) is 5.99. The molecule has 0 amide bonds. The molecule has 0 N–H and O–H groups in total. The second-order valence-electron chi connectivity index (χ2n) is 11.1. The summed E-state index contributed by atoms with van der Waals surface area (Å²) in [7, 11) is 0. The maximum Gasteiger partial charge on any atom is 0.164 e. The highest BCUT2D eigenvalue weighted by Gasteiger charge is 2.18. The number of rotatable bonds is 5. The van der Waals surface area contributed by atoms with Gasteiger partial charge in [-0.05, 0) is 29.3 Å². The van der Waals surface area contributed by atoms with Crippen LogP contribution in [0.15, 0.2) is 146 Å². The van der Waals surface area contributed by atoms with Crippen LogP contribution in [0.25, 0.3) is 86.3 Å². The number of thiophene rings is 1. The number of hydrogen-bond donors (Lipinski definition) is 0. The van der Waals surface area contributed by atoms with Crippen LogP contribution in [0.5, 0.6) is 0 Å². The van der Waals surface area contributed by atoms with Crippen molar-refractivity contribution in [3.05, 3.63) is 146 Å². The smallest absolute Gasteiger partial charge is 0.164 e. The lowest BCUT2D eigenvalue weighted by Crippen LogP contribution is -2.00. The molecule has 0 unspecified atom stereocenters. The summed E-state index contributed by atoms with van der Waals surface area (Å²) in [6.45, 7) is 0. The third-order valence-corrected chi connectivity index (χ3v) is 10.5. The molecule has 4 nitrogen and oxygen atoms in total. The summed E-state index contributed by atoms with van der Waals surface area (Å²) in [4.78, 5) is 19.9. The minimum Gasteiger partial charge on any atom is -0.236 e. The van der Waals surface area contributed by atoms with E-state index in [2.05, 4.69) is 78.9 Å². The van der Waals surface area contributed by atoms with Gasteiger partial charge in [0.05, 0.1) is 10.2 Å². The molecule has 0 atom stereocenters. The zero-order chi connectivity index (χ0) is 30.5. The molecule has 9 aromatic rings. The fourth-order valence-corrected chi connectivity index (χ4v) is 8.26. The molecular formula is C40H24N4S2. The lowest BCUT2D eigenvalue weighted by molar-refractivity contribution is 1.08. The number of nitrogens with zero attached hydrogens (tertiary/aromatic N) is 4. The predicted molar refractivity (Wildman–Crippen MR) is 193 cm³/mol. The summed E-state index contributed by atoms with van der Waals surface area (Å²) in [6.07, 6.45) is 0. The summed E-state index contributed by atoms with van der Waals surface area (Å²) in [5.41, 5.74) is 7.50. The molecule has 0 aliphatic rings. The normalized spacial score (nSPS) is 11.5. The second kappa shape index (κ2) is 11.1. The van der Waals surface area contributed by atoms with Gasteiger partial charge in [-0.25, -0.2) is 19.9 Å². The summed E-state index contributed by atoms with van der Waals surface area (Å²) < 4.78 is 3.63. The van der Waals surface area contributed by atoms with Crippen molar-refractivity contribution in [2.24, 2.45) is 0 Å². The first kappa shape index (κ1) is 26.8. The lowest BCUT2D eigenvalue weighted by atomic mass is 10.0. The molecule has 0 fully saturated rings. The van der Waals surface area contributed by atoms with Crippen molar-refractivity contribution in [2.45, 2.75) is 0 Å². The molecule has 0 saturated carbocycles. The van der Waals surface area contributed by atoms with Gasteiger partial charge >= 0.3 is 0 Å². The molecule has 46 heavy (non-hydrogen) atoms. The van der Waals surface area contributed by atoms with Gasteiger partial charge in [0.25, 0.3) is 0 Å². The van der Waals surface area contributed by atoms with E-state index in [1.807, 2.05) is 78.1 Å². The summed E-state index contributed by atoms with van der Waals surface area (Å²) in [5.74, 6) is 1.99. The van der Waals surface area contributed by atoms with Crippen molar-refractivity contribution < 1.29 is 0 Å². The molecule has 0 spiro atoms. The highest BCUT2D eigenvalue weighted by molar-refractivity contribution is 7.26. The van der Waals surface area contributed by atoms with Gasteiger partial charge in [-0.3, -0.25) is 0 Å². The number of aromatic nitrogens is 4. The van der Waals surface area contributed by atoms with Crippen LogP contribution in [0.2, 0.25) is 0 Å². The van der Waals surface area contributed by atoms with Crippen molar-refractivity contribution >= 4 is 53.1 Å². The van der Waals surface area contributed by atoms with Crippen molar-refractivity contribution in [2.75, 3.05) is 0 Å². The quantitative estimate of drug-likeness (QED) is 0.191. The first-order valence-electron chi connectivity index (χ1n) is 15.1. The van der Waals surface area contributed by atoms with E-state index < -0.39 is 0 Å². The molecule has 3 aromatic heterocycles. The van der Waals surface area contributed by atoms with E-state index in [-0.39, 0.29) is 0 Å². The number of hydrogen-bond acceptors (Lipinski definition) is 6. The number of fused-ring (bicyclic) bond motifs is 4. The van der Waals surface area contributed by atoms with Crippen LogP contribution in [-0.4, -0.2) is 19.9 Å². The molecule has 0 aliphatic heterocycles. The van der Waals surface area contributed by atoms with E-state index in [4.69, 9.17) is 19.9 Å². The zero-order valence-corrected chi connectivity index (χ0v) is 26.1. The van der Waals surface area contributed by atoms with Gasteiger partial charge in [0.15, 0.2) is 17.5 Å². The van der Waals surface area contributed by atoms with Crippen molar-refractivity contribution in [1.29, 1.82) is 0 Å². The van der Waals surface area contributed by atoms with E-state index in [9.17, 15) is 0 Å². The monoisotopic (exact) mass is 624 g/mol. The molecule has 9 rings (SSSR count). The minimum absolute atomic E-state index is 0.661. The minimum atomic E-state index is 0.661. The van der Waals surface area contributed by atoms with Gasteiger partial charge in [0.1, 0.15) is 5.01 Å². The first-order valence-corrected chi connectivity index (χ1v) is 16.7. The molecule has 0 bridgehead atoms. The average molecular weight is 625 g/mol. The lowest BCUT2D eigenvalue weighted by Gasteiger charge is -2.09. The molecule has 0 aliphatic carbocycles. The third kappa shape index (κ3) is 4.67. The molecule has 216 valence electrons. The largest absolute Gasteiger partial charge is 0.236 e. The van der Waals surface area contributed by atoms with Gasteiger partial charge in [-0.1, -0.05) is 127 Å². The predicted octanol–water partition coefficient (Wildman–Crippen LogP) is 11.2. The molecule has 6 aromatic carbocycles. The van der Waals surface area contributed by atoms with E-state index in [1.54, 1.807) is 11.3 Å². The van der Waals surface area contributed by atoms with Gasteiger partial charge in [0, 0.05) is 42.4 Å². The molecular weight excluding hydrogens is 601 g/mol. The molecule has 6 heteroatoms. The fraction of sp³-hybridized carbons (Fsp3) is 0. The Labute approximate surface area is 273 Å².